The fourth-order valence-electron chi connectivity index (χ4n) is 1.89. The molecule has 3 rings (SSSR count). The Morgan fingerprint density at radius 3 is 2.58 bits per heavy atom. The zero-order chi connectivity index (χ0) is 13.4. The van der Waals surface area contributed by atoms with Crippen LogP contribution in [0.15, 0.2) is 42.6 Å². The normalized spacial score (nSPS) is 10.9. The van der Waals surface area contributed by atoms with Gasteiger partial charge in [-0.05, 0) is 30.3 Å². The van der Waals surface area contributed by atoms with Gasteiger partial charge in [0.25, 0.3) is 0 Å². The summed E-state index contributed by atoms with van der Waals surface area (Å²) in [5, 5.41) is 6.28. The van der Waals surface area contributed by atoms with Crippen molar-refractivity contribution in [3.8, 4) is 11.5 Å². The van der Waals surface area contributed by atoms with Gasteiger partial charge in [-0.25, -0.2) is 0 Å². The number of aryl methyl sites for hydroxylation is 1. The number of halogens is 2. The van der Waals surface area contributed by atoms with Gasteiger partial charge >= 0.3 is 0 Å². The summed E-state index contributed by atoms with van der Waals surface area (Å²) in [5.74, 6) is 1.14. The summed E-state index contributed by atoms with van der Waals surface area (Å²) in [4.78, 5) is 0. The summed E-state index contributed by atoms with van der Waals surface area (Å²) in [6, 6.07) is 10.9. The maximum absolute atomic E-state index is 6.08. The number of hydrogen-bond donors (Lipinski definition) is 0. The molecule has 0 spiro atoms. The van der Waals surface area contributed by atoms with Crippen LogP contribution in [0.3, 0.4) is 0 Å². The second kappa shape index (κ2) is 4.76. The van der Waals surface area contributed by atoms with Gasteiger partial charge in [0.1, 0.15) is 5.75 Å². The lowest BCUT2D eigenvalue weighted by molar-refractivity contribution is 0.484. The second-order valence-electron chi connectivity index (χ2n) is 4.18. The Labute approximate surface area is 120 Å². The predicted molar refractivity (Wildman–Crippen MR) is 77.3 cm³/mol. The van der Waals surface area contributed by atoms with Crippen LogP contribution in [0, 0.1) is 0 Å². The van der Waals surface area contributed by atoms with Gasteiger partial charge in [-0.1, -0.05) is 29.3 Å². The second-order valence-corrected chi connectivity index (χ2v) is 4.99. The molecule has 0 aliphatic rings. The van der Waals surface area contributed by atoms with Crippen LogP contribution in [-0.2, 0) is 7.05 Å². The molecule has 96 valence electrons. The molecule has 1 heterocycles. The lowest BCUT2D eigenvalue weighted by atomic mass is 10.2. The molecule has 0 atom stereocenters. The first kappa shape index (κ1) is 12.3. The van der Waals surface area contributed by atoms with Crippen molar-refractivity contribution in [3.05, 3.63) is 52.6 Å². The van der Waals surface area contributed by atoms with Gasteiger partial charge < -0.3 is 4.74 Å². The SMILES string of the molecule is Cn1cc2cc(Oc3c(Cl)cccc3Cl)ccc2n1. The largest absolute Gasteiger partial charge is 0.454 e. The summed E-state index contributed by atoms with van der Waals surface area (Å²) < 4.78 is 7.52. The van der Waals surface area contributed by atoms with Crippen molar-refractivity contribution >= 4 is 34.1 Å². The van der Waals surface area contributed by atoms with Gasteiger partial charge in [0.2, 0.25) is 0 Å². The average molecular weight is 293 g/mol. The predicted octanol–water partition coefficient (Wildman–Crippen LogP) is 4.67. The molecule has 1 aromatic heterocycles. The standard InChI is InChI=1S/C14H10Cl2N2O/c1-18-8-9-7-10(5-6-13(9)17-18)19-14-11(15)3-2-4-12(14)16/h2-8H,1H3. The fourth-order valence-corrected chi connectivity index (χ4v) is 2.36. The van der Waals surface area contributed by atoms with Gasteiger partial charge in [0.05, 0.1) is 15.6 Å². The van der Waals surface area contributed by atoms with Crippen molar-refractivity contribution in [2.75, 3.05) is 0 Å². The van der Waals surface area contributed by atoms with Crippen LogP contribution in [0.2, 0.25) is 10.0 Å². The number of aromatic nitrogens is 2. The Morgan fingerprint density at radius 2 is 1.84 bits per heavy atom. The van der Waals surface area contributed by atoms with E-state index >= 15 is 0 Å². The van der Waals surface area contributed by atoms with Crippen molar-refractivity contribution in [1.82, 2.24) is 9.78 Å². The van der Waals surface area contributed by atoms with E-state index in [1.807, 2.05) is 31.4 Å². The third-order valence-electron chi connectivity index (χ3n) is 2.73. The topological polar surface area (TPSA) is 27.1 Å². The van der Waals surface area contributed by atoms with Gasteiger partial charge in [-0.3, -0.25) is 4.68 Å². The minimum absolute atomic E-state index is 0.467. The number of para-hydroxylation sites is 1. The first-order valence-electron chi connectivity index (χ1n) is 5.69. The highest BCUT2D eigenvalue weighted by molar-refractivity contribution is 6.37. The molecule has 0 bridgehead atoms. The molecule has 5 heteroatoms. The summed E-state index contributed by atoms with van der Waals surface area (Å²) in [6.07, 6.45) is 1.93. The Morgan fingerprint density at radius 1 is 1.11 bits per heavy atom. The van der Waals surface area contributed by atoms with Crippen LogP contribution in [0.4, 0.5) is 0 Å². The Kier molecular flexibility index (Phi) is 3.09. The number of hydrogen-bond acceptors (Lipinski definition) is 2. The monoisotopic (exact) mass is 292 g/mol. The summed E-state index contributed by atoms with van der Waals surface area (Å²) in [7, 11) is 1.88. The molecule has 0 radical (unpaired) electrons. The molecule has 0 saturated heterocycles. The molecule has 0 amide bonds. The maximum Gasteiger partial charge on any atom is 0.164 e. The summed E-state index contributed by atoms with van der Waals surface area (Å²) in [5.41, 5.74) is 0.917. The number of benzene rings is 2. The lowest BCUT2D eigenvalue weighted by Gasteiger charge is -2.09. The van der Waals surface area contributed by atoms with Crippen LogP contribution in [0.25, 0.3) is 10.9 Å². The van der Waals surface area contributed by atoms with Crippen molar-refractivity contribution in [3.63, 3.8) is 0 Å². The molecule has 0 aliphatic heterocycles. The Bertz CT molecular complexity index is 732. The van der Waals surface area contributed by atoms with Gasteiger partial charge in [-0.15, -0.1) is 0 Å². The molecule has 0 unspecified atom stereocenters. The minimum Gasteiger partial charge on any atom is -0.454 e. The number of ether oxygens (including phenoxy) is 1. The molecular weight excluding hydrogens is 283 g/mol. The molecule has 19 heavy (non-hydrogen) atoms. The van der Waals surface area contributed by atoms with Crippen LogP contribution in [0.5, 0.6) is 11.5 Å². The molecule has 0 aliphatic carbocycles. The van der Waals surface area contributed by atoms with Crippen LogP contribution in [-0.4, -0.2) is 9.78 Å². The van der Waals surface area contributed by atoms with Crippen molar-refractivity contribution in [2.24, 2.45) is 7.05 Å². The number of nitrogens with zero attached hydrogens (tertiary/aromatic N) is 2. The van der Waals surface area contributed by atoms with Crippen molar-refractivity contribution in [2.45, 2.75) is 0 Å². The molecule has 3 nitrogen and oxygen atoms in total. The molecule has 0 N–H and O–H groups in total. The van der Waals surface area contributed by atoms with E-state index in [0.717, 1.165) is 10.9 Å². The van der Waals surface area contributed by atoms with E-state index in [1.165, 1.54) is 0 Å². The quantitative estimate of drug-likeness (QED) is 0.686. The minimum atomic E-state index is 0.467. The lowest BCUT2D eigenvalue weighted by Crippen LogP contribution is -1.86. The molecular formula is C14H10Cl2N2O. The zero-order valence-corrected chi connectivity index (χ0v) is 11.6. The third-order valence-corrected chi connectivity index (χ3v) is 3.32. The summed E-state index contributed by atoms with van der Waals surface area (Å²) >= 11 is 12.2. The number of fused-ring (bicyclic) bond motifs is 1. The first-order valence-corrected chi connectivity index (χ1v) is 6.44. The third kappa shape index (κ3) is 2.39. The average Bonchev–Trinajstić information content (AvgIpc) is 2.73. The van der Waals surface area contributed by atoms with E-state index in [1.54, 1.807) is 22.9 Å². The van der Waals surface area contributed by atoms with E-state index in [9.17, 15) is 0 Å². The highest BCUT2D eigenvalue weighted by atomic mass is 35.5. The van der Waals surface area contributed by atoms with E-state index in [-0.39, 0.29) is 0 Å². The Balaban J connectivity index is 2.01. The van der Waals surface area contributed by atoms with Gasteiger partial charge in [0, 0.05) is 18.6 Å². The van der Waals surface area contributed by atoms with Crippen LogP contribution < -0.4 is 4.74 Å². The van der Waals surface area contributed by atoms with Crippen molar-refractivity contribution in [1.29, 1.82) is 0 Å². The molecule has 3 aromatic rings. The highest BCUT2D eigenvalue weighted by Crippen LogP contribution is 2.36. The molecule has 0 fully saturated rings. The molecule has 2 aromatic carbocycles. The Hall–Kier alpha value is -1.71. The first-order chi connectivity index (χ1) is 9.13. The van der Waals surface area contributed by atoms with Gasteiger partial charge in [-0.2, -0.15) is 5.10 Å². The fraction of sp³-hybridized carbons (Fsp3) is 0.0714. The smallest absolute Gasteiger partial charge is 0.164 e. The van der Waals surface area contributed by atoms with E-state index in [4.69, 9.17) is 27.9 Å². The highest BCUT2D eigenvalue weighted by Gasteiger charge is 2.09. The molecule has 0 saturated carbocycles. The summed E-state index contributed by atoms with van der Waals surface area (Å²) in [6.45, 7) is 0. The number of rotatable bonds is 2. The van der Waals surface area contributed by atoms with Crippen LogP contribution >= 0.6 is 23.2 Å². The van der Waals surface area contributed by atoms with E-state index < -0.39 is 0 Å². The van der Waals surface area contributed by atoms with Crippen LogP contribution in [0.1, 0.15) is 0 Å². The maximum atomic E-state index is 6.08. The van der Waals surface area contributed by atoms with Crippen molar-refractivity contribution < 1.29 is 4.74 Å². The zero-order valence-electron chi connectivity index (χ0n) is 10.1. The van der Waals surface area contributed by atoms with Gasteiger partial charge in [0.15, 0.2) is 5.75 Å². The van der Waals surface area contributed by atoms with E-state index in [0.29, 0.717) is 21.5 Å². The van der Waals surface area contributed by atoms with E-state index in [2.05, 4.69) is 5.10 Å².